The van der Waals surface area contributed by atoms with E-state index in [1.54, 1.807) is 28.7 Å². The van der Waals surface area contributed by atoms with Gasteiger partial charge in [0.25, 0.3) is 0 Å². The minimum absolute atomic E-state index is 0.333. The van der Waals surface area contributed by atoms with Gasteiger partial charge < -0.3 is 9.64 Å². The fourth-order valence-electron chi connectivity index (χ4n) is 3.89. The number of imidazole rings is 1. The molecular formula is C20H22N6O3S. The summed E-state index contributed by atoms with van der Waals surface area (Å²) in [4.78, 5) is 15.4. The number of aryl methyl sites for hydroxylation is 1. The monoisotopic (exact) mass is 426 g/mol. The number of piperazine rings is 1. The van der Waals surface area contributed by atoms with Crippen LogP contribution in [0.5, 0.6) is 5.75 Å². The molecule has 0 N–H and O–H groups in total. The van der Waals surface area contributed by atoms with Gasteiger partial charge in [-0.05, 0) is 30.7 Å². The smallest absolute Gasteiger partial charge is 0.243 e. The summed E-state index contributed by atoms with van der Waals surface area (Å²) in [7, 11) is -3.53. The first-order chi connectivity index (χ1) is 14.5. The number of hydrogen-bond donors (Lipinski definition) is 0. The summed E-state index contributed by atoms with van der Waals surface area (Å²) in [6.07, 6.45) is 5.86. The van der Waals surface area contributed by atoms with Gasteiger partial charge in [0.15, 0.2) is 0 Å². The quantitative estimate of drug-likeness (QED) is 0.623. The van der Waals surface area contributed by atoms with Crippen LogP contribution in [-0.2, 0) is 16.4 Å². The van der Waals surface area contributed by atoms with Crippen LogP contribution in [-0.4, -0.2) is 65.0 Å². The lowest BCUT2D eigenvalue weighted by Gasteiger charge is -2.34. The second kappa shape index (κ2) is 7.37. The third kappa shape index (κ3) is 3.31. The third-order valence-electron chi connectivity index (χ3n) is 5.57. The highest BCUT2D eigenvalue weighted by Crippen LogP contribution is 2.29. The molecule has 0 aliphatic carbocycles. The highest BCUT2D eigenvalue weighted by molar-refractivity contribution is 7.89. The van der Waals surface area contributed by atoms with Crippen molar-refractivity contribution in [3.8, 4) is 11.6 Å². The van der Waals surface area contributed by atoms with Crippen molar-refractivity contribution < 1.29 is 13.2 Å². The molecule has 0 spiro atoms. The van der Waals surface area contributed by atoms with Crippen molar-refractivity contribution in [2.24, 2.45) is 0 Å². The Morgan fingerprint density at radius 3 is 2.57 bits per heavy atom. The van der Waals surface area contributed by atoms with E-state index in [4.69, 9.17) is 4.74 Å². The van der Waals surface area contributed by atoms with Crippen LogP contribution in [0.25, 0.3) is 5.82 Å². The van der Waals surface area contributed by atoms with Crippen LogP contribution in [0.15, 0.2) is 47.9 Å². The number of sulfonamides is 1. The molecule has 3 aromatic rings. The van der Waals surface area contributed by atoms with Crippen molar-refractivity contribution in [3.05, 3.63) is 54.4 Å². The topological polar surface area (TPSA) is 93.5 Å². The molecule has 9 nitrogen and oxygen atoms in total. The Morgan fingerprint density at radius 1 is 1.00 bits per heavy atom. The fourth-order valence-corrected chi connectivity index (χ4v) is 5.37. The largest absolute Gasteiger partial charge is 0.493 e. The molecule has 156 valence electrons. The van der Waals surface area contributed by atoms with Crippen LogP contribution in [0.1, 0.15) is 11.4 Å². The van der Waals surface area contributed by atoms with Gasteiger partial charge in [0.05, 0.1) is 11.5 Å². The molecule has 0 radical (unpaired) electrons. The first kappa shape index (κ1) is 19.0. The Kier molecular flexibility index (Phi) is 4.67. The van der Waals surface area contributed by atoms with Gasteiger partial charge in [-0.1, -0.05) is 0 Å². The number of benzene rings is 1. The first-order valence-corrected chi connectivity index (χ1v) is 11.3. The molecule has 10 heteroatoms. The Bertz CT molecular complexity index is 1180. The third-order valence-corrected chi connectivity index (χ3v) is 7.47. The van der Waals surface area contributed by atoms with E-state index in [1.807, 2.05) is 23.8 Å². The van der Waals surface area contributed by atoms with Crippen molar-refractivity contribution in [2.75, 3.05) is 37.7 Å². The van der Waals surface area contributed by atoms with E-state index < -0.39 is 10.0 Å². The van der Waals surface area contributed by atoms with Crippen LogP contribution in [0.4, 0.5) is 5.82 Å². The molecule has 4 heterocycles. The van der Waals surface area contributed by atoms with Crippen LogP contribution >= 0.6 is 0 Å². The molecule has 2 aromatic heterocycles. The number of hydrogen-bond acceptors (Lipinski definition) is 7. The molecule has 1 saturated heterocycles. The predicted molar refractivity (Wildman–Crippen MR) is 111 cm³/mol. The van der Waals surface area contributed by atoms with E-state index in [2.05, 4.69) is 19.9 Å². The number of nitrogens with zero attached hydrogens (tertiary/aromatic N) is 6. The first-order valence-electron chi connectivity index (χ1n) is 9.85. The summed E-state index contributed by atoms with van der Waals surface area (Å²) in [5, 5.41) is 0. The molecule has 5 rings (SSSR count). The van der Waals surface area contributed by atoms with E-state index in [-0.39, 0.29) is 0 Å². The zero-order valence-corrected chi connectivity index (χ0v) is 17.4. The molecule has 2 aliphatic heterocycles. The lowest BCUT2D eigenvalue weighted by Crippen LogP contribution is -2.49. The summed E-state index contributed by atoms with van der Waals surface area (Å²) < 4.78 is 35.1. The van der Waals surface area contributed by atoms with Gasteiger partial charge in [-0.15, -0.1) is 0 Å². The van der Waals surface area contributed by atoms with Gasteiger partial charge in [-0.3, -0.25) is 4.57 Å². The molecule has 2 aliphatic rings. The van der Waals surface area contributed by atoms with Gasteiger partial charge in [-0.2, -0.15) is 4.31 Å². The average Bonchev–Trinajstić information content (AvgIpc) is 3.42. The Balaban J connectivity index is 1.31. The van der Waals surface area contributed by atoms with Gasteiger partial charge >= 0.3 is 0 Å². The second-order valence-corrected chi connectivity index (χ2v) is 9.28. The van der Waals surface area contributed by atoms with Crippen LogP contribution < -0.4 is 9.64 Å². The average molecular weight is 427 g/mol. The summed E-state index contributed by atoms with van der Waals surface area (Å²) in [6, 6.07) is 7.04. The maximum absolute atomic E-state index is 13.1. The Morgan fingerprint density at radius 2 is 1.80 bits per heavy atom. The predicted octanol–water partition coefficient (Wildman–Crippen LogP) is 1.42. The van der Waals surface area contributed by atoms with E-state index in [0.29, 0.717) is 37.7 Å². The molecular weight excluding hydrogens is 404 g/mol. The molecule has 1 fully saturated rings. The maximum Gasteiger partial charge on any atom is 0.243 e. The number of anilines is 1. The van der Waals surface area contributed by atoms with Gasteiger partial charge in [0.1, 0.15) is 29.5 Å². The molecule has 30 heavy (non-hydrogen) atoms. The number of aromatic nitrogens is 4. The van der Waals surface area contributed by atoms with E-state index >= 15 is 0 Å². The number of fused-ring (bicyclic) bond motifs is 1. The van der Waals surface area contributed by atoms with Crippen molar-refractivity contribution >= 4 is 15.8 Å². The van der Waals surface area contributed by atoms with Crippen molar-refractivity contribution in [2.45, 2.75) is 18.2 Å². The molecule has 0 unspecified atom stereocenters. The van der Waals surface area contributed by atoms with Crippen molar-refractivity contribution in [3.63, 3.8) is 0 Å². The summed E-state index contributed by atoms with van der Waals surface area (Å²) in [5.41, 5.74) is 0.957. The number of ether oxygens (including phenoxy) is 1. The molecule has 0 atom stereocenters. The minimum atomic E-state index is -3.53. The SMILES string of the molecule is Cc1nccn1-c1cc(N2CCN(S(=O)(=O)c3ccc4c(c3)CCO4)CC2)ncn1. The zero-order chi connectivity index (χ0) is 20.7. The van der Waals surface area contributed by atoms with Crippen molar-refractivity contribution in [1.82, 2.24) is 23.8 Å². The number of rotatable bonds is 4. The van der Waals surface area contributed by atoms with Crippen LogP contribution in [0.2, 0.25) is 0 Å². The fraction of sp³-hybridized carbons (Fsp3) is 0.350. The lowest BCUT2D eigenvalue weighted by molar-refractivity contribution is 0.356. The van der Waals surface area contributed by atoms with Gasteiger partial charge in [0, 0.05) is 51.1 Å². The standard InChI is InChI=1S/C20H22N6O3S/c1-15-21-5-6-26(15)20-13-19(22-14-23-20)24-7-9-25(10-8-24)30(27,28)17-2-3-18-16(12-17)4-11-29-18/h2-3,5-6,12-14H,4,7-11H2,1H3. The lowest BCUT2D eigenvalue weighted by atomic mass is 10.2. The highest BCUT2D eigenvalue weighted by atomic mass is 32.2. The second-order valence-electron chi connectivity index (χ2n) is 7.34. The Hall–Kier alpha value is -2.98. The van der Waals surface area contributed by atoms with E-state index in [9.17, 15) is 8.42 Å². The minimum Gasteiger partial charge on any atom is -0.493 e. The molecule has 0 saturated carbocycles. The summed E-state index contributed by atoms with van der Waals surface area (Å²) in [6.45, 7) is 4.45. The molecule has 0 bridgehead atoms. The Labute approximate surface area is 175 Å². The summed E-state index contributed by atoms with van der Waals surface area (Å²) >= 11 is 0. The summed E-state index contributed by atoms with van der Waals surface area (Å²) in [5.74, 6) is 3.15. The van der Waals surface area contributed by atoms with E-state index in [1.165, 1.54) is 6.33 Å². The van der Waals surface area contributed by atoms with Gasteiger partial charge in [-0.25, -0.2) is 23.4 Å². The van der Waals surface area contributed by atoms with Crippen LogP contribution in [0, 0.1) is 6.92 Å². The zero-order valence-electron chi connectivity index (χ0n) is 16.6. The molecule has 1 aromatic carbocycles. The molecule has 0 amide bonds. The van der Waals surface area contributed by atoms with E-state index in [0.717, 1.165) is 35.2 Å². The van der Waals surface area contributed by atoms with Crippen molar-refractivity contribution in [1.29, 1.82) is 0 Å². The van der Waals surface area contributed by atoms with Crippen LogP contribution in [0.3, 0.4) is 0 Å². The van der Waals surface area contributed by atoms with Gasteiger partial charge in [0.2, 0.25) is 10.0 Å². The maximum atomic E-state index is 13.1. The normalized spacial score (nSPS) is 17.0. The highest BCUT2D eigenvalue weighted by Gasteiger charge is 2.30.